The summed E-state index contributed by atoms with van der Waals surface area (Å²) in [6.45, 7) is 6.50. The van der Waals surface area contributed by atoms with Crippen molar-refractivity contribution in [3.8, 4) is 11.3 Å². The molecule has 0 radical (unpaired) electrons. The van der Waals surface area contributed by atoms with E-state index >= 15 is 0 Å². The minimum absolute atomic E-state index is 1.03. The highest BCUT2D eigenvalue weighted by atomic mass is 15.1. The van der Waals surface area contributed by atoms with Crippen LogP contribution in [0, 0.1) is 13.8 Å². The van der Waals surface area contributed by atoms with Crippen molar-refractivity contribution in [2.24, 2.45) is 0 Å². The van der Waals surface area contributed by atoms with Crippen molar-refractivity contribution in [1.29, 1.82) is 0 Å². The molecular weight excluding hydrogens is 268 g/mol. The van der Waals surface area contributed by atoms with Crippen LogP contribution in [-0.4, -0.2) is 9.13 Å². The van der Waals surface area contributed by atoms with E-state index in [1.807, 2.05) is 0 Å². The van der Waals surface area contributed by atoms with Gasteiger partial charge in [-0.15, -0.1) is 0 Å². The second-order valence-electron chi connectivity index (χ2n) is 6.40. The predicted octanol–water partition coefficient (Wildman–Crippen LogP) is 4.89. The molecule has 0 amide bonds. The number of nitrogens with zero attached hydrogens (tertiary/aromatic N) is 2. The molecule has 1 aliphatic heterocycles. The quantitative estimate of drug-likeness (QED) is 0.435. The Kier molecular flexibility index (Phi) is 2.22. The molecule has 4 aromatic rings. The van der Waals surface area contributed by atoms with Crippen molar-refractivity contribution in [3.63, 3.8) is 0 Å². The molecule has 2 nitrogen and oxygen atoms in total. The van der Waals surface area contributed by atoms with E-state index in [0.717, 1.165) is 13.1 Å². The third kappa shape index (κ3) is 1.40. The summed E-state index contributed by atoms with van der Waals surface area (Å²) in [5.41, 5.74) is 8.24. The van der Waals surface area contributed by atoms with Crippen LogP contribution in [0.15, 0.2) is 48.7 Å². The van der Waals surface area contributed by atoms with Crippen molar-refractivity contribution in [1.82, 2.24) is 9.13 Å². The smallest absolute Gasteiger partial charge is 0.0575 e. The van der Waals surface area contributed by atoms with E-state index < -0.39 is 0 Å². The number of para-hydroxylation sites is 1. The molecule has 0 atom stereocenters. The van der Waals surface area contributed by atoms with Gasteiger partial charge in [0.25, 0.3) is 0 Å². The molecule has 2 aromatic carbocycles. The fourth-order valence-corrected chi connectivity index (χ4v) is 4.06. The molecule has 0 bridgehead atoms. The Bertz CT molecular complexity index is 1050. The molecule has 108 valence electrons. The fraction of sp³-hybridized carbons (Fsp3) is 0.200. The topological polar surface area (TPSA) is 9.86 Å². The van der Waals surface area contributed by atoms with Gasteiger partial charge in [-0.05, 0) is 37.1 Å². The van der Waals surface area contributed by atoms with Crippen LogP contribution in [0.5, 0.6) is 0 Å². The Hall–Kier alpha value is -2.48. The van der Waals surface area contributed by atoms with Crippen LogP contribution in [0.2, 0.25) is 0 Å². The average Bonchev–Trinajstić information content (AvgIpc) is 2.98. The zero-order valence-electron chi connectivity index (χ0n) is 12.9. The van der Waals surface area contributed by atoms with Gasteiger partial charge < -0.3 is 9.13 Å². The summed E-state index contributed by atoms with van der Waals surface area (Å²) >= 11 is 0. The molecule has 0 aliphatic carbocycles. The third-order valence-corrected chi connectivity index (χ3v) is 5.08. The zero-order valence-corrected chi connectivity index (χ0v) is 12.9. The van der Waals surface area contributed by atoms with Gasteiger partial charge in [-0.3, -0.25) is 0 Å². The second kappa shape index (κ2) is 4.04. The number of aryl methyl sites for hydroxylation is 4. The molecule has 0 saturated carbocycles. The molecular formula is C20H18N2. The summed E-state index contributed by atoms with van der Waals surface area (Å²) in [7, 11) is 0. The largest absolute Gasteiger partial charge is 0.345 e. The van der Waals surface area contributed by atoms with Gasteiger partial charge in [0, 0.05) is 41.1 Å². The monoisotopic (exact) mass is 286 g/mol. The van der Waals surface area contributed by atoms with Crippen LogP contribution in [0.4, 0.5) is 0 Å². The first-order valence-corrected chi connectivity index (χ1v) is 7.92. The molecule has 0 N–H and O–H groups in total. The maximum Gasteiger partial charge on any atom is 0.0575 e. The van der Waals surface area contributed by atoms with Gasteiger partial charge in [-0.1, -0.05) is 30.3 Å². The molecule has 0 saturated heterocycles. The lowest BCUT2D eigenvalue weighted by Gasteiger charge is -2.08. The van der Waals surface area contributed by atoms with Crippen molar-refractivity contribution in [3.05, 3.63) is 59.8 Å². The van der Waals surface area contributed by atoms with Crippen molar-refractivity contribution < 1.29 is 0 Å². The van der Waals surface area contributed by atoms with Gasteiger partial charge in [0.05, 0.1) is 11.2 Å². The maximum atomic E-state index is 2.51. The number of rotatable bonds is 0. The highest BCUT2D eigenvalue weighted by Gasteiger charge is 2.21. The predicted molar refractivity (Wildman–Crippen MR) is 92.3 cm³/mol. The van der Waals surface area contributed by atoms with E-state index in [2.05, 4.69) is 71.6 Å². The van der Waals surface area contributed by atoms with Gasteiger partial charge in [0.1, 0.15) is 0 Å². The normalized spacial score (nSPS) is 13.5. The summed E-state index contributed by atoms with van der Waals surface area (Å²) in [6, 6.07) is 15.7. The molecule has 0 spiro atoms. The first-order chi connectivity index (χ1) is 10.7. The summed E-state index contributed by atoms with van der Waals surface area (Å²) < 4.78 is 4.91. The number of hydrogen-bond acceptors (Lipinski definition) is 0. The molecule has 22 heavy (non-hydrogen) atoms. The Morgan fingerprint density at radius 3 is 2.77 bits per heavy atom. The second-order valence-corrected chi connectivity index (χ2v) is 6.40. The summed E-state index contributed by atoms with van der Waals surface area (Å²) in [6.07, 6.45) is 2.23. The van der Waals surface area contributed by atoms with Crippen LogP contribution in [-0.2, 0) is 13.1 Å². The first-order valence-electron chi connectivity index (χ1n) is 7.92. The lowest BCUT2D eigenvalue weighted by Crippen LogP contribution is -2.04. The van der Waals surface area contributed by atoms with Gasteiger partial charge in [-0.25, -0.2) is 0 Å². The van der Waals surface area contributed by atoms with Crippen molar-refractivity contribution in [2.45, 2.75) is 26.9 Å². The van der Waals surface area contributed by atoms with Crippen LogP contribution in [0.3, 0.4) is 0 Å². The highest BCUT2D eigenvalue weighted by Crippen LogP contribution is 2.39. The van der Waals surface area contributed by atoms with Crippen LogP contribution < -0.4 is 0 Å². The summed E-state index contributed by atoms with van der Waals surface area (Å²) in [5.74, 6) is 0. The van der Waals surface area contributed by atoms with E-state index in [1.165, 1.54) is 44.2 Å². The summed E-state index contributed by atoms with van der Waals surface area (Å²) in [4.78, 5) is 0. The van der Waals surface area contributed by atoms with Gasteiger partial charge in [0.15, 0.2) is 0 Å². The van der Waals surface area contributed by atoms with E-state index in [0.29, 0.717) is 0 Å². The highest BCUT2D eigenvalue weighted by molar-refractivity contribution is 6.00. The summed E-state index contributed by atoms with van der Waals surface area (Å²) in [5, 5.41) is 2.73. The number of hydrogen-bond donors (Lipinski definition) is 0. The van der Waals surface area contributed by atoms with Gasteiger partial charge in [-0.2, -0.15) is 0 Å². The lowest BCUT2D eigenvalue weighted by molar-refractivity contribution is 0.618. The molecule has 0 unspecified atom stereocenters. The van der Waals surface area contributed by atoms with E-state index in [-0.39, 0.29) is 0 Å². The number of aromatic nitrogens is 2. The number of fused-ring (bicyclic) bond motifs is 4. The Morgan fingerprint density at radius 2 is 1.86 bits per heavy atom. The van der Waals surface area contributed by atoms with E-state index in [1.54, 1.807) is 0 Å². The average molecular weight is 286 g/mol. The van der Waals surface area contributed by atoms with Crippen LogP contribution >= 0.6 is 0 Å². The molecule has 3 heterocycles. The SMILES string of the molecule is Cc1ccc2c(C)c3n(c2c1)CCn1ccc2cccc-3c21. The molecule has 0 fully saturated rings. The third-order valence-electron chi connectivity index (χ3n) is 5.08. The van der Waals surface area contributed by atoms with E-state index in [9.17, 15) is 0 Å². The van der Waals surface area contributed by atoms with Crippen LogP contribution in [0.25, 0.3) is 33.1 Å². The lowest BCUT2D eigenvalue weighted by atomic mass is 10.0. The standard InChI is InChI=1S/C20H18N2/c1-13-6-7-16-14(2)19-17-5-3-4-15-8-9-21(20(15)17)10-11-22(19)18(16)12-13/h3-9,12H,10-11H2,1-2H3. The molecule has 1 aliphatic rings. The molecule has 2 heteroatoms. The first kappa shape index (κ1) is 12.1. The Labute approximate surface area is 129 Å². The maximum absolute atomic E-state index is 2.51. The minimum atomic E-state index is 1.03. The van der Waals surface area contributed by atoms with Crippen molar-refractivity contribution >= 4 is 21.8 Å². The fourth-order valence-electron chi connectivity index (χ4n) is 4.06. The van der Waals surface area contributed by atoms with Gasteiger partial charge >= 0.3 is 0 Å². The minimum Gasteiger partial charge on any atom is -0.345 e. The molecule has 2 aromatic heterocycles. The van der Waals surface area contributed by atoms with Crippen molar-refractivity contribution in [2.75, 3.05) is 0 Å². The van der Waals surface area contributed by atoms with E-state index in [4.69, 9.17) is 0 Å². The Balaban J connectivity index is 1.99. The zero-order chi connectivity index (χ0) is 14.8. The van der Waals surface area contributed by atoms with Crippen LogP contribution in [0.1, 0.15) is 11.1 Å². The Morgan fingerprint density at radius 1 is 0.955 bits per heavy atom. The van der Waals surface area contributed by atoms with Gasteiger partial charge in [0.2, 0.25) is 0 Å². The molecule has 5 rings (SSSR count). The number of benzene rings is 2.